The van der Waals surface area contributed by atoms with E-state index < -0.39 is 0 Å². The predicted molar refractivity (Wildman–Crippen MR) is 101 cm³/mol. The maximum Gasteiger partial charge on any atom is 0.410 e. The number of aromatic amines is 1. The van der Waals surface area contributed by atoms with Gasteiger partial charge in [0, 0.05) is 24.5 Å². The number of H-pyrrole nitrogens is 1. The van der Waals surface area contributed by atoms with Crippen LogP contribution in [0.1, 0.15) is 43.6 Å². The number of carbonyl (C=O) groups is 2. The molecule has 144 valence electrons. The minimum absolute atomic E-state index is 0.0478. The van der Waals surface area contributed by atoms with Crippen LogP contribution in [0.15, 0.2) is 24.3 Å². The molecule has 2 fully saturated rings. The Hall–Kier alpha value is -2.57. The molecule has 1 aromatic carbocycles. The Kier molecular flexibility index (Phi) is 4.76. The fraction of sp³-hybridized carbons (Fsp3) is 0.550. The zero-order valence-corrected chi connectivity index (χ0v) is 15.9. The summed E-state index contributed by atoms with van der Waals surface area (Å²) in [6, 6.07) is 7.94. The molecule has 2 aromatic rings. The molecule has 7 nitrogen and oxygen atoms in total. The van der Waals surface area contributed by atoms with Crippen molar-refractivity contribution >= 4 is 22.9 Å². The highest BCUT2D eigenvalue weighted by Gasteiger charge is 2.41. The molecule has 2 saturated heterocycles. The van der Waals surface area contributed by atoms with Gasteiger partial charge in [0.1, 0.15) is 6.61 Å². The highest BCUT2D eigenvalue weighted by atomic mass is 16.6. The van der Waals surface area contributed by atoms with Crippen LogP contribution in [0.2, 0.25) is 0 Å². The van der Waals surface area contributed by atoms with Crippen molar-refractivity contribution in [3.63, 3.8) is 0 Å². The zero-order valence-electron chi connectivity index (χ0n) is 15.9. The van der Waals surface area contributed by atoms with E-state index in [0.29, 0.717) is 31.3 Å². The van der Waals surface area contributed by atoms with Gasteiger partial charge in [-0.05, 0) is 24.8 Å². The summed E-state index contributed by atoms with van der Waals surface area (Å²) < 4.78 is 5.33. The van der Waals surface area contributed by atoms with Gasteiger partial charge in [-0.25, -0.2) is 4.79 Å². The molecule has 4 rings (SSSR count). The van der Waals surface area contributed by atoms with Gasteiger partial charge in [-0.2, -0.15) is 5.10 Å². The predicted octanol–water partition coefficient (Wildman–Crippen LogP) is 3.03. The van der Waals surface area contributed by atoms with Crippen LogP contribution < -0.4 is 0 Å². The molecule has 0 aliphatic carbocycles. The third-order valence-electron chi connectivity index (χ3n) is 6.06. The number of para-hydroxylation sites is 1. The lowest BCUT2D eigenvalue weighted by molar-refractivity contribution is 0.0611. The van der Waals surface area contributed by atoms with Crippen LogP contribution in [0.5, 0.6) is 0 Å². The summed E-state index contributed by atoms with van der Waals surface area (Å²) in [4.78, 5) is 29.0. The van der Waals surface area contributed by atoms with Crippen molar-refractivity contribution in [3.05, 3.63) is 30.0 Å². The lowest BCUT2D eigenvalue weighted by Gasteiger charge is -2.39. The number of likely N-dealkylation sites (tertiary alicyclic amines) is 1. The van der Waals surface area contributed by atoms with Gasteiger partial charge < -0.3 is 9.64 Å². The first-order valence-corrected chi connectivity index (χ1v) is 9.77. The van der Waals surface area contributed by atoms with E-state index in [1.54, 1.807) is 0 Å². The van der Waals surface area contributed by atoms with Crippen LogP contribution in [0, 0.1) is 5.92 Å². The van der Waals surface area contributed by atoms with E-state index in [1.807, 2.05) is 34.1 Å². The number of amides is 2. The molecule has 0 spiro atoms. The maximum absolute atomic E-state index is 12.9. The number of hydrogen-bond donors (Lipinski definition) is 1. The van der Waals surface area contributed by atoms with E-state index in [2.05, 4.69) is 24.0 Å². The normalized spacial score (nSPS) is 22.3. The number of nitrogens with zero attached hydrogens (tertiary/aromatic N) is 3. The Morgan fingerprint density at radius 2 is 2.07 bits per heavy atom. The van der Waals surface area contributed by atoms with Gasteiger partial charge in [0.05, 0.1) is 11.6 Å². The molecule has 27 heavy (non-hydrogen) atoms. The van der Waals surface area contributed by atoms with Gasteiger partial charge >= 0.3 is 6.09 Å². The number of rotatable bonds is 4. The Balaban J connectivity index is 1.44. The van der Waals surface area contributed by atoms with Gasteiger partial charge in [0.2, 0.25) is 0 Å². The molecule has 2 aliphatic rings. The second kappa shape index (κ2) is 7.21. The SMILES string of the molecule is CC[C@H](C)[C@@H]1COC(=O)N1C1CCN(C(=O)c2n[nH]c3ccccc23)CC1. The van der Waals surface area contributed by atoms with Crippen LogP contribution in [-0.2, 0) is 4.74 Å². The van der Waals surface area contributed by atoms with Crippen molar-refractivity contribution in [1.82, 2.24) is 20.0 Å². The third kappa shape index (κ3) is 3.15. The summed E-state index contributed by atoms with van der Waals surface area (Å²) >= 11 is 0. The quantitative estimate of drug-likeness (QED) is 0.897. The molecule has 1 aromatic heterocycles. The van der Waals surface area contributed by atoms with Crippen LogP contribution in [0.25, 0.3) is 10.9 Å². The Labute approximate surface area is 158 Å². The highest BCUT2D eigenvalue weighted by Crippen LogP contribution is 2.29. The summed E-state index contributed by atoms with van der Waals surface area (Å²) in [5, 5.41) is 8.00. The second-order valence-corrected chi connectivity index (χ2v) is 7.58. The monoisotopic (exact) mass is 370 g/mol. The van der Waals surface area contributed by atoms with Crippen molar-refractivity contribution in [2.75, 3.05) is 19.7 Å². The summed E-state index contributed by atoms with van der Waals surface area (Å²) in [5.41, 5.74) is 1.34. The molecular formula is C20H26N4O3. The number of benzene rings is 1. The van der Waals surface area contributed by atoms with E-state index in [9.17, 15) is 9.59 Å². The minimum atomic E-state index is -0.205. The number of piperidine rings is 1. The van der Waals surface area contributed by atoms with E-state index >= 15 is 0 Å². The molecule has 0 saturated carbocycles. The number of fused-ring (bicyclic) bond motifs is 1. The second-order valence-electron chi connectivity index (χ2n) is 7.58. The van der Waals surface area contributed by atoms with E-state index in [1.165, 1.54) is 0 Å². The molecule has 0 radical (unpaired) electrons. The summed E-state index contributed by atoms with van der Waals surface area (Å²) in [6.07, 6.45) is 2.36. The van der Waals surface area contributed by atoms with E-state index in [-0.39, 0.29) is 24.1 Å². The van der Waals surface area contributed by atoms with Crippen LogP contribution >= 0.6 is 0 Å². The Morgan fingerprint density at radius 1 is 1.33 bits per heavy atom. The topological polar surface area (TPSA) is 78.5 Å². The third-order valence-corrected chi connectivity index (χ3v) is 6.06. The lowest BCUT2D eigenvalue weighted by atomic mass is 9.95. The molecular weight excluding hydrogens is 344 g/mol. The van der Waals surface area contributed by atoms with E-state index in [4.69, 9.17) is 4.74 Å². The molecule has 0 bridgehead atoms. The molecule has 3 heterocycles. The largest absolute Gasteiger partial charge is 0.447 e. The highest BCUT2D eigenvalue weighted by molar-refractivity contribution is 6.04. The number of aromatic nitrogens is 2. The zero-order chi connectivity index (χ0) is 19.0. The van der Waals surface area contributed by atoms with E-state index in [0.717, 1.165) is 30.2 Å². The number of cyclic esters (lactones) is 1. The van der Waals surface area contributed by atoms with Crippen molar-refractivity contribution < 1.29 is 14.3 Å². The van der Waals surface area contributed by atoms with Gasteiger partial charge in [0.15, 0.2) is 5.69 Å². The first-order valence-electron chi connectivity index (χ1n) is 9.77. The maximum atomic E-state index is 12.9. The first-order chi connectivity index (χ1) is 13.1. The fourth-order valence-corrected chi connectivity index (χ4v) is 4.20. The fourth-order valence-electron chi connectivity index (χ4n) is 4.20. The molecule has 2 aliphatic heterocycles. The summed E-state index contributed by atoms with van der Waals surface area (Å²) in [7, 11) is 0. The summed E-state index contributed by atoms with van der Waals surface area (Å²) in [6.45, 7) is 6.04. The standard InChI is InChI=1S/C20H26N4O3/c1-3-13(2)17-12-27-20(26)24(17)14-8-10-23(11-9-14)19(25)18-15-6-4-5-7-16(15)21-22-18/h4-7,13-14,17H,3,8-12H2,1-2H3,(H,21,22)/t13-,17-/m0/s1. The smallest absolute Gasteiger partial charge is 0.410 e. The average Bonchev–Trinajstić information content (AvgIpc) is 3.30. The van der Waals surface area contributed by atoms with Gasteiger partial charge in [-0.1, -0.05) is 38.5 Å². The minimum Gasteiger partial charge on any atom is -0.447 e. The van der Waals surface area contributed by atoms with Crippen molar-refractivity contribution in [3.8, 4) is 0 Å². The number of hydrogen-bond acceptors (Lipinski definition) is 4. The number of carbonyl (C=O) groups excluding carboxylic acids is 2. The molecule has 2 amide bonds. The van der Waals surface area contributed by atoms with Gasteiger partial charge in [-0.3, -0.25) is 14.8 Å². The summed E-state index contributed by atoms with van der Waals surface area (Å²) in [5.74, 6) is 0.361. The lowest BCUT2D eigenvalue weighted by Crippen LogP contribution is -2.51. The molecule has 0 unspecified atom stereocenters. The van der Waals surface area contributed by atoms with Gasteiger partial charge in [0.25, 0.3) is 5.91 Å². The molecule has 1 N–H and O–H groups in total. The van der Waals surface area contributed by atoms with Crippen LogP contribution in [-0.4, -0.2) is 63.8 Å². The van der Waals surface area contributed by atoms with Crippen molar-refractivity contribution in [2.45, 2.75) is 45.2 Å². The van der Waals surface area contributed by atoms with Gasteiger partial charge in [-0.15, -0.1) is 0 Å². The Bertz CT molecular complexity index is 841. The van der Waals surface area contributed by atoms with Crippen LogP contribution in [0.4, 0.5) is 4.79 Å². The molecule has 7 heteroatoms. The van der Waals surface area contributed by atoms with Crippen molar-refractivity contribution in [1.29, 1.82) is 0 Å². The van der Waals surface area contributed by atoms with Crippen LogP contribution in [0.3, 0.4) is 0 Å². The van der Waals surface area contributed by atoms with Crippen molar-refractivity contribution in [2.24, 2.45) is 5.92 Å². The number of ether oxygens (including phenoxy) is 1. The first kappa shape index (κ1) is 17.8. The molecule has 2 atom stereocenters. The Morgan fingerprint density at radius 3 is 2.81 bits per heavy atom. The number of nitrogens with one attached hydrogen (secondary N) is 1. The average molecular weight is 370 g/mol.